The highest BCUT2D eigenvalue weighted by Crippen LogP contribution is 2.30. The van der Waals surface area contributed by atoms with Crippen LogP contribution in [0.5, 0.6) is 0 Å². The Balaban J connectivity index is 2.92. The van der Waals surface area contributed by atoms with Gasteiger partial charge in [0.2, 0.25) is 0 Å². The molecule has 7 heteroatoms. The summed E-state index contributed by atoms with van der Waals surface area (Å²) in [7, 11) is 1.31. The standard InChI is InChI=1S/C12H19N3O3S/c1-6(2)9-8(10(16)18-5)14-12(19-9)15-11(17)13-7(3)4/h6-7H,1-5H3,(H2,13,14,15,17). The van der Waals surface area contributed by atoms with Crippen molar-refractivity contribution in [3.63, 3.8) is 0 Å². The van der Waals surface area contributed by atoms with E-state index in [-0.39, 0.29) is 23.7 Å². The summed E-state index contributed by atoms with van der Waals surface area (Å²) in [5.74, 6) is -0.354. The Bertz CT molecular complexity index is 469. The van der Waals surface area contributed by atoms with Crippen molar-refractivity contribution in [2.24, 2.45) is 0 Å². The molecule has 0 unspecified atom stereocenters. The molecule has 19 heavy (non-hydrogen) atoms. The van der Waals surface area contributed by atoms with E-state index in [0.717, 1.165) is 4.88 Å². The number of carbonyl (C=O) groups excluding carboxylic acids is 2. The number of methoxy groups -OCH3 is 1. The monoisotopic (exact) mass is 285 g/mol. The third kappa shape index (κ3) is 4.20. The van der Waals surface area contributed by atoms with E-state index in [1.54, 1.807) is 0 Å². The van der Waals surface area contributed by atoms with Gasteiger partial charge in [-0.15, -0.1) is 11.3 Å². The fraction of sp³-hybridized carbons (Fsp3) is 0.583. The third-order valence-corrected chi connectivity index (χ3v) is 3.47. The van der Waals surface area contributed by atoms with Crippen LogP contribution in [0.3, 0.4) is 0 Å². The molecule has 1 rings (SSSR count). The number of ether oxygens (including phenoxy) is 1. The van der Waals surface area contributed by atoms with Gasteiger partial charge in [0.05, 0.1) is 7.11 Å². The fourth-order valence-electron chi connectivity index (χ4n) is 1.42. The van der Waals surface area contributed by atoms with Crippen LogP contribution >= 0.6 is 11.3 Å². The zero-order chi connectivity index (χ0) is 14.6. The van der Waals surface area contributed by atoms with Gasteiger partial charge in [-0.25, -0.2) is 14.6 Å². The number of hydrogen-bond donors (Lipinski definition) is 2. The topological polar surface area (TPSA) is 80.3 Å². The first-order chi connectivity index (χ1) is 8.85. The molecule has 0 bridgehead atoms. The number of anilines is 1. The van der Waals surface area contributed by atoms with Gasteiger partial charge in [-0.05, 0) is 19.8 Å². The lowest BCUT2D eigenvalue weighted by atomic mass is 10.1. The molecular formula is C12H19N3O3S. The number of esters is 1. The average Bonchev–Trinajstić information content (AvgIpc) is 2.70. The van der Waals surface area contributed by atoms with Crippen molar-refractivity contribution >= 4 is 28.5 Å². The number of amides is 2. The van der Waals surface area contributed by atoms with Crippen LogP contribution in [0.2, 0.25) is 0 Å². The Labute approximate surface area is 116 Å². The zero-order valence-electron chi connectivity index (χ0n) is 11.7. The third-order valence-electron chi connectivity index (χ3n) is 2.20. The number of rotatable bonds is 4. The molecule has 0 aliphatic rings. The highest BCUT2D eigenvalue weighted by Gasteiger charge is 2.21. The molecule has 0 saturated heterocycles. The summed E-state index contributed by atoms with van der Waals surface area (Å²) in [4.78, 5) is 28.1. The number of nitrogens with zero attached hydrogens (tertiary/aromatic N) is 1. The SMILES string of the molecule is COC(=O)c1nc(NC(=O)NC(C)C)sc1C(C)C. The minimum absolute atomic E-state index is 0.0320. The second kappa shape index (κ2) is 6.51. The number of aromatic nitrogens is 1. The van der Waals surface area contributed by atoms with Crippen LogP contribution in [0.15, 0.2) is 0 Å². The Morgan fingerprint density at radius 2 is 1.89 bits per heavy atom. The van der Waals surface area contributed by atoms with E-state index >= 15 is 0 Å². The quantitative estimate of drug-likeness (QED) is 0.833. The maximum absolute atomic E-state index is 11.6. The Morgan fingerprint density at radius 1 is 1.26 bits per heavy atom. The van der Waals surface area contributed by atoms with Crippen molar-refractivity contribution in [2.75, 3.05) is 12.4 Å². The minimum atomic E-state index is -0.489. The number of carbonyl (C=O) groups is 2. The summed E-state index contributed by atoms with van der Waals surface area (Å²) >= 11 is 1.28. The molecule has 0 radical (unpaired) electrons. The number of hydrogen-bond acceptors (Lipinski definition) is 5. The Hall–Kier alpha value is -1.63. The van der Waals surface area contributed by atoms with Crippen LogP contribution in [0.1, 0.15) is 49.0 Å². The Morgan fingerprint density at radius 3 is 2.37 bits per heavy atom. The first kappa shape index (κ1) is 15.4. The zero-order valence-corrected chi connectivity index (χ0v) is 12.6. The lowest BCUT2D eigenvalue weighted by molar-refractivity contribution is 0.0593. The van der Waals surface area contributed by atoms with Crippen LogP contribution in [0, 0.1) is 0 Å². The number of thiazole rings is 1. The van der Waals surface area contributed by atoms with E-state index in [9.17, 15) is 9.59 Å². The number of urea groups is 1. The van der Waals surface area contributed by atoms with Crippen molar-refractivity contribution in [3.8, 4) is 0 Å². The van der Waals surface area contributed by atoms with Crippen molar-refractivity contribution in [1.29, 1.82) is 0 Å². The highest BCUT2D eigenvalue weighted by atomic mass is 32.1. The average molecular weight is 285 g/mol. The molecule has 0 atom stereocenters. The largest absolute Gasteiger partial charge is 0.464 e. The lowest BCUT2D eigenvalue weighted by Crippen LogP contribution is -2.34. The Kier molecular flexibility index (Phi) is 5.29. The summed E-state index contributed by atoms with van der Waals surface area (Å²) in [6.45, 7) is 7.64. The fourth-order valence-corrected chi connectivity index (χ4v) is 2.37. The van der Waals surface area contributed by atoms with Crippen molar-refractivity contribution in [3.05, 3.63) is 10.6 Å². The molecule has 0 spiro atoms. The molecule has 2 N–H and O–H groups in total. The van der Waals surface area contributed by atoms with Gasteiger partial charge in [-0.2, -0.15) is 0 Å². The van der Waals surface area contributed by atoms with Crippen LogP contribution in [0.25, 0.3) is 0 Å². The first-order valence-corrected chi connectivity index (χ1v) is 6.83. The predicted molar refractivity (Wildman–Crippen MR) is 74.8 cm³/mol. The van der Waals surface area contributed by atoms with Gasteiger partial charge in [-0.3, -0.25) is 5.32 Å². The maximum Gasteiger partial charge on any atom is 0.357 e. The predicted octanol–water partition coefficient (Wildman–Crippen LogP) is 2.58. The second-order valence-corrected chi connectivity index (χ2v) is 5.66. The molecular weight excluding hydrogens is 266 g/mol. The number of nitrogens with one attached hydrogen (secondary N) is 2. The molecule has 1 heterocycles. The summed E-state index contributed by atoms with van der Waals surface area (Å²) in [6, 6.07) is -0.305. The summed E-state index contributed by atoms with van der Waals surface area (Å²) in [5, 5.41) is 5.70. The normalized spacial score (nSPS) is 10.7. The molecule has 0 aliphatic heterocycles. The van der Waals surface area contributed by atoms with Crippen LogP contribution < -0.4 is 10.6 Å². The summed E-state index contributed by atoms with van der Waals surface area (Å²) < 4.78 is 4.69. The van der Waals surface area contributed by atoms with E-state index in [4.69, 9.17) is 0 Å². The van der Waals surface area contributed by atoms with Gasteiger partial charge in [0.25, 0.3) is 0 Å². The maximum atomic E-state index is 11.6. The van der Waals surface area contributed by atoms with Gasteiger partial charge < -0.3 is 10.1 Å². The van der Waals surface area contributed by atoms with Gasteiger partial charge >= 0.3 is 12.0 Å². The molecule has 2 amide bonds. The second-order valence-electron chi connectivity index (χ2n) is 4.63. The molecule has 0 aromatic carbocycles. The van der Waals surface area contributed by atoms with E-state index in [0.29, 0.717) is 5.13 Å². The van der Waals surface area contributed by atoms with Gasteiger partial charge in [-0.1, -0.05) is 13.8 Å². The summed E-state index contributed by atoms with van der Waals surface area (Å²) in [5.41, 5.74) is 0.266. The molecule has 6 nitrogen and oxygen atoms in total. The van der Waals surface area contributed by atoms with Gasteiger partial charge in [0.1, 0.15) is 0 Å². The van der Waals surface area contributed by atoms with E-state index in [1.807, 2.05) is 27.7 Å². The van der Waals surface area contributed by atoms with Crippen molar-refractivity contribution in [2.45, 2.75) is 39.7 Å². The van der Waals surface area contributed by atoms with Crippen LogP contribution in [0.4, 0.5) is 9.93 Å². The molecule has 0 saturated carbocycles. The van der Waals surface area contributed by atoms with Gasteiger partial charge in [0.15, 0.2) is 10.8 Å². The van der Waals surface area contributed by atoms with E-state index in [1.165, 1.54) is 18.4 Å². The van der Waals surface area contributed by atoms with E-state index < -0.39 is 5.97 Å². The molecule has 1 aromatic rings. The summed E-state index contributed by atoms with van der Waals surface area (Å²) in [6.07, 6.45) is 0. The molecule has 0 fully saturated rings. The van der Waals surface area contributed by atoms with Crippen LogP contribution in [-0.2, 0) is 4.74 Å². The molecule has 0 aliphatic carbocycles. The van der Waals surface area contributed by atoms with Gasteiger partial charge in [0, 0.05) is 10.9 Å². The van der Waals surface area contributed by atoms with Crippen molar-refractivity contribution in [1.82, 2.24) is 10.3 Å². The minimum Gasteiger partial charge on any atom is -0.464 e. The molecule has 106 valence electrons. The smallest absolute Gasteiger partial charge is 0.357 e. The molecule has 1 aromatic heterocycles. The van der Waals surface area contributed by atoms with E-state index in [2.05, 4.69) is 20.4 Å². The first-order valence-electron chi connectivity index (χ1n) is 6.01. The highest BCUT2D eigenvalue weighted by molar-refractivity contribution is 7.16. The van der Waals surface area contributed by atoms with Crippen LogP contribution in [-0.4, -0.2) is 30.1 Å². The van der Waals surface area contributed by atoms with Crippen molar-refractivity contribution < 1.29 is 14.3 Å². The lowest BCUT2D eigenvalue weighted by Gasteiger charge is -2.07.